The zero-order valence-corrected chi connectivity index (χ0v) is 18.6. The maximum Gasteiger partial charge on any atom is 0.245 e. The van der Waals surface area contributed by atoms with Gasteiger partial charge in [-0.05, 0) is 43.4 Å². The number of nitrogens with zero attached hydrogens (tertiary/aromatic N) is 3. The molecule has 1 saturated heterocycles. The van der Waals surface area contributed by atoms with Gasteiger partial charge in [-0.25, -0.2) is 4.39 Å². The van der Waals surface area contributed by atoms with Crippen LogP contribution in [0.4, 0.5) is 10.1 Å². The van der Waals surface area contributed by atoms with E-state index < -0.39 is 5.54 Å². The molecule has 33 heavy (non-hydrogen) atoms. The topological polar surface area (TPSA) is 110 Å². The molecule has 4 rings (SSSR count). The Hall–Kier alpha value is -3.43. The Balaban J connectivity index is 1.36. The van der Waals surface area contributed by atoms with E-state index in [0.717, 1.165) is 18.5 Å². The van der Waals surface area contributed by atoms with Crippen molar-refractivity contribution in [3.05, 3.63) is 36.4 Å². The minimum Gasteiger partial charge on any atom is -0.368 e. The molecule has 3 amide bonds. The number of halogens is 1. The van der Waals surface area contributed by atoms with Gasteiger partial charge in [0.25, 0.3) is 0 Å². The van der Waals surface area contributed by atoms with E-state index in [1.54, 1.807) is 36.5 Å². The van der Waals surface area contributed by atoms with Crippen LogP contribution in [0.3, 0.4) is 0 Å². The van der Waals surface area contributed by atoms with Gasteiger partial charge in [0.2, 0.25) is 18.2 Å². The molecular weight excluding hydrogens is 427 g/mol. The summed E-state index contributed by atoms with van der Waals surface area (Å²) < 4.78 is 14.3. The number of carbonyl (C=O) groups is 3. The maximum absolute atomic E-state index is 14.3. The number of aromatic nitrogens is 2. The van der Waals surface area contributed by atoms with E-state index in [1.165, 1.54) is 6.07 Å². The summed E-state index contributed by atoms with van der Waals surface area (Å²) in [5.41, 5.74) is 1.03. The number of likely N-dealkylation sites (N-methyl/N-ethyl adjacent to an activating group) is 1. The quantitative estimate of drug-likeness (QED) is 0.493. The highest BCUT2D eigenvalue weighted by atomic mass is 19.1. The first-order chi connectivity index (χ1) is 16.0. The van der Waals surface area contributed by atoms with Crippen LogP contribution in [-0.2, 0) is 14.4 Å². The SMILES string of the molecule is CNC(=O)C(CCC(=O)N1CCN(c2ccc(F)c(-c3cn[nH]c3)c2)CC1)(NC=O)C1CC1. The van der Waals surface area contributed by atoms with Gasteiger partial charge in [0, 0.05) is 62.7 Å². The van der Waals surface area contributed by atoms with Gasteiger partial charge in [-0.15, -0.1) is 0 Å². The van der Waals surface area contributed by atoms with Gasteiger partial charge in [0.05, 0.1) is 6.20 Å². The minimum absolute atomic E-state index is 0.0329. The second-order valence-electron chi connectivity index (χ2n) is 8.61. The number of benzene rings is 1. The van der Waals surface area contributed by atoms with Crippen molar-refractivity contribution in [3.63, 3.8) is 0 Å². The molecule has 1 unspecified atom stereocenters. The summed E-state index contributed by atoms with van der Waals surface area (Å²) in [6.07, 6.45) is 5.97. The van der Waals surface area contributed by atoms with Crippen LogP contribution >= 0.6 is 0 Å². The van der Waals surface area contributed by atoms with Crippen LogP contribution < -0.4 is 15.5 Å². The Bertz CT molecular complexity index is 1000. The maximum atomic E-state index is 14.3. The van der Waals surface area contributed by atoms with Gasteiger partial charge >= 0.3 is 0 Å². The molecule has 2 fully saturated rings. The number of piperazine rings is 1. The molecule has 1 aromatic heterocycles. The summed E-state index contributed by atoms with van der Waals surface area (Å²) >= 11 is 0. The summed E-state index contributed by atoms with van der Waals surface area (Å²) in [5.74, 6) is -0.530. The third-order valence-electron chi connectivity index (χ3n) is 6.71. The number of aromatic amines is 1. The fourth-order valence-electron chi connectivity index (χ4n) is 4.67. The van der Waals surface area contributed by atoms with Crippen LogP contribution in [0.15, 0.2) is 30.6 Å². The number of nitrogens with one attached hydrogen (secondary N) is 3. The summed E-state index contributed by atoms with van der Waals surface area (Å²) in [5, 5.41) is 11.9. The van der Waals surface area contributed by atoms with E-state index in [9.17, 15) is 18.8 Å². The molecular formula is C23H29FN6O3. The third-order valence-corrected chi connectivity index (χ3v) is 6.71. The van der Waals surface area contributed by atoms with E-state index >= 15 is 0 Å². The second-order valence-corrected chi connectivity index (χ2v) is 8.61. The van der Waals surface area contributed by atoms with Crippen LogP contribution in [0.2, 0.25) is 0 Å². The average molecular weight is 457 g/mol. The Morgan fingerprint density at radius 2 is 2.03 bits per heavy atom. The van der Waals surface area contributed by atoms with Crippen LogP contribution in [-0.4, -0.2) is 72.1 Å². The normalized spacial score (nSPS) is 17.9. The molecule has 2 aromatic rings. The molecule has 3 N–H and O–H groups in total. The predicted octanol–water partition coefficient (Wildman–Crippen LogP) is 1.29. The number of hydrogen-bond acceptors (Lipinski definition) is 5. The summed E-state index contributed by atoms with van der Waals surface area (Å²) in [4.78, 5) is 40.5. The smallest absolute Gasteiger partial charge is 0.245 e. The van der Waals surface area contributed by atoms with Crippen molar-refractivity contribution in [1.29, 1.82) is 0 Å². The Morgan fingerprint density at radius 1 is 1.27 bits per heavy atom. The van der Waals surface area contributed by atoms with E-state index in [1.807, 2.05) is 0 Å². The van der Waals surface area contributed by atoms with Gasteiger partial charge in [-0.2, -0.15) is 5.10 Å². The highest BCUT2D eigenvalue weighted by Crippen LogP contribution is 2.42. The second kappa shape index (κ2) is 9.60. The zero-order valence-electron chi connectivity index (χ0n) is 18.6. The highest BCUT2D eigenvalue weighted by Gasteiger charge is 2.50. The fraction of sp³-hybridized carbons (Fsp3) is 0.478. The van der Waals surface area contributed by atoms with Crippen LogP contribution in [0.5, 0.6) is 0 Å². The Labute approximate surface area is 191 Å². The molecule has 10 heteroatoms. The Morgan fingerprint density at radius 3 is 2.64 bits per heavy atom. The molecule has 0 radical (unpaired) electrons. The van der Waals surface area contributed by atoms with Crippen LogP contribution in [0.25, 0.3) is 11.1 Å². The lowest BCUT2D eigenvalue weighted by molar-refractivity contribution is -0.135. The lowest BCUT2D eigenvalue weighted by Crippen LogP contribution is -2.58. The van der Waals surface area contributed by atoms with E-state index in [2.05, 4.69) is 25.7 Å². The average Bonchev–Trinajstić information content (AvgIpc) is 3.56. The first-order valence-corrected chi connectivity index (χ1v) is 11.2. The number of carbonyl (C=O) groups excluding carboxylic acids is 3. The fourth-order valence-corrected chi connectivity index (χ4v) is 4.67. The zero-order chi connectivity index (χ0) is 23.4. The lowest BCUT2D eigenvalue weighted by atomic mass is 9.86. The van der Waals surface area contributed by atoms with E-state index in [4.69, 9.17) is 0 Å². The van der Waals surface area contributed by atoms with Crippen molar-refractivity contribution in [2.24, 2.45) is 5.92 Å². The molecule has 176 valence electrons. The molecule has 2 heterocycles. The molecule has 0 bridgehead atoms. The van der Waals surface area contributed by atoms with Crippen molar-refractivity contribution in [1.82, 2.24) is 25.7 Å². The minimum atomic E-state index is -1.02. The summed E-state index contributed by atoms with van der Waals surface area (Å²) in [6.45, 7) is 2.32. The molecule has 1 saturated carbocycles. The highest BCUT2D eigenvalue weighted by molar-refractivity contribution is 5.89. The molecule has 1 aliphatic heterocycles. The van der Waals surface area contributed by atoms with Gasteiger partial charge in [0.1, 0.15) is 11.4 Å². The standard InChI is InChI=1S/C23H29FN6O3/c1-25-22(33)23(26-15-31,17-2-3-17)7-6-21(32)30-10-8-29(9-11-30)18-4-5-20(24)19(12-18)16-13-27-28-14-16/h4-5,12-15,17H,2-3,6-11H2,1H3,(H,25,33)(H,26,31)(H,27,28). The van der Waals surface area contributed by atoms with Crippen molar-refractivity contribution >= 4 is 23.9 Å². The van der Waals surface area contributed by atoms with Crippen molar-refractivity contribution < 1.29 is 18.8 Å². The van der Waals surface area contributed by atoms with Crippen molar-refractivity contribution in [2.45, 2.75) is 31.2 Å². The molecule has 1 aromatic carbocycles. The van der Waals surface area contributed by atoms with Crippen molar-refractivity contribution in [3.8, 4) is 11.1 Å². The van der Waals surface area contributed by atoms with E-state index in [-0.39, 0.29) is 36.4 Å². The number of H-pyrrole nitrogens is 1. The molecule has 2 aliphatic rings. The van der Waals surface area contributed by atoms with E-state index in [0.29, 0.717) is 43.7 Å². The number of hydrogen-bond donors (Lipinski definition) is 3. The lowest BCUT2D eigenvalue weighted by Gasteiger charge is -2.37. The largest absolute Gasteiger partial charge is 0.368 e. The van der Waals surface area contributed by atoms with Gasteiger partial charge in [0.15, 0.2) is 0 Å². The molecule has 0 spiro atoms. The first-order valence-electron chi connectivity index (χ1n) is 11.2. The first kappa shape index (κ1) is 22.8. The van der Waals surface area contributed by atoms with Gasteiger partial charge in [-0.1, -0.05) is 0 Å². The summed E-state index contributed by atoms with van der Waals surface area (Å²) in [7, 11) is 1.54. The predicted molar refractivity (Wildman–Crippen MR) is 121 cm³/mol. The third kappa shape index (κ3) is 4.69. The molecule has 1 aliphatic carbocycles. The van der Waals surface area contributed by atoms with Crippen LogP contribution in [0, 0.1) is 11.7 Å². The number of anilines is 1. The van der Waals surface area contributed by atoms with Gasteiger partial charge in [-0.3, -0.25) is 19.5 Å². The summed E-state index contributed by atoms with van der Waals surface area (Å²) in [6, 6.07) is 5.00. The number of rotatable bonds is 9. The molecule has 9 nitrogen and oxygen atoms in total. The monoisotopic (exact) mass is 456 g/mol. The number of amides is 3. The van der Waals surface area contributed by atoms with Crippen LogP contribution in [0.1, 0.15) is 25.7 Å². The van der Waals surface area contributed by atoms with Gasteiger partial charge < -0.3 is 20.4 Å². The Kier molecular flexibility index (Phi) is 6.62. The molecule has 1 atom stereocenters. The van der Waals surface area contributed by atoms with Crippen molar-refractivity contribution in [2.75, 3.05) is 38.1 Å².